The van der Waals surface area contributed by atoms with Gasteiger partial charge in [-0.05, 0) is 19.9 Å². The van der Waals surface area contributed by atoms with Gasteiger partial charge in [0.25, 0.3) is 0 Å². The highest BCUT2D eigenvalue weighted by molar-refractivity contribution is 6.29. The highest BCUT2D eigenvalue weighted by atomic mass is 35.5. The molecule has 0 radical (unpaired) electrons. The molecule has 1 N–H and O–H groups in total. The average Bonchev–Trinajstić information content (AvgIpc) is 2.64. The van der Waals surface area contributed by atoms with E-state index in [9.17, 15) is 4.79 Å². The molecule has 2 rings (SSSR count). The van der Waals surface area contributed by atoms with Gasteiger partial charge in [-0.15, -0.1) is 0 Å². The standard InChI is InChI=1S/C11H12ClN3O2/c1-6(2)15-8-3-9(12)13-4-7(8)11-14-5-10(16)17-11/h3-4,6H,5H2,1-2H3,(H,13,15). The first kappa shape index (κ1) is 11.9. The Morgan fingerprint density at radius 2 is 2.29 bits per heavy atom. The lowest BCUT2D eigenvalue weighted by Crippen LogP contribution is -2.15. The molecule has 6 heteroatoms. The molecule has 0 atom stereocenters. The van der Waals surface area contributed by atoms with Crippen LogP contribution in [0.3, 0.4) is 0 Å². The normalized spacial score (nSPS) is 14.8. The summed E-state index contributed by atoms with van der Waals surface area (Å²) in [5, 5.41) is 3.59. The maximum atomic E-state index is 11.0. The van der Waals surface area contributed by atoms with E-state index in [-0.39, 0.29) is 18.6 Å². The summed E-state index contributed by atoms with van der Waals surface area (Å²) in [6.45, 7) is 4.06. The number of cyclic esters (lactones) is 1. The van der Waals surface area contributed by atoms with Crippen LogP contribution in [0.5, 0.6) is 0 Å². The highest BCUT2D eigenvalue weighted by Crippen LogP contribution is 2.22. The zero-order chi connectivity index (χ0) is 12.4. The minimum atomic E-state index is -0.356. The lowest BCUT2D eigenvalue weighted by atomic mass is 10.2. The van der Waals surface area contributed by atoms with E-state index in [1.165, 1.54) is 0 Å². The molecule has 1 aromatic heterocycles. The van der Waals surface area contributed by atoms with Gasteiger partial charge in [-0.2, -0.15) is 0 Å². The van der Waals surface area contributed by atoms with Crippen LogP contribution in [0.2, 0.25) is 5.15 Å². The fraction of sp³-hybridized carbons (Fsp3) is 0.364. The molecular formula is C11H12ClN3O2. The molecule has 0 spiro atoms. The largest absolute Gasteiger partial charge is 0.406 e. The molecular weight excluding hydrogens is 242 g/mol. The molecule has 5 nitrogen and oxygen atoms in total. The number of esters is 1. The molecule has 17 heavy (non-hydrogen) atoms. The Morgan fingerprint density at radius 3 is 2.88 bits per heavy atom. The lowest BCUT2D eigenvalue weighted by molar-refractivity contribution is -0.132. The summed E-state index contributed by atoms with van der Waals surface area (Å²) in [7, 11) is 0. The third-order valence-electron chi connectivity index (χ3n) is 2.11. The van der Waals surface area contributed by atoms with Gasteiger partial charge in [-0.3, -0.25) is 0 Å². The summed E-state index contributed by atoms with van der Waals surface area (Å²) in [6, 6.07) is 1.91. The zero-order valence-corrected chi connectivity index (χ0v) is 10.3. The molecule has 0 bridgehead atoms. The number of rotatable bonds is 3. The Labute approximate surface area is 104 Å². The van der Waals surface area contributed by atoms with Crippen molar-refractivity contribution in [1.82, 2.24) is 4.98 Å². The van der Waals surface area contributed by atoms with E-state index < -0.39 is 0 Å². The number of aliphatic imine (C=N–C) groups is 1. The maximum absolute atomic E-state index is 11.0. The van der Waals surface area contributed by atoms with Gasteiger partial charge in [0.15, 0.2) is 0 Å². The van der Waals surface area contributed by atoms with Crippen LogP contribution in [0.15, 0.2) is 17.3 Å². The number of ether oxygens (including phenoxy) is 1. The van der Waals surface area contributed by atoms with Crippen molar-refractivity contribution in [1.29, 1.82) is 0 Å². The molecule has 2 heterocycles. The SMILES string of the molecule is CC(C)Nc1cc(Cl)ncc1C1=NCC(=O)O1. The van der Waals surface area contributed by atoms with Crippen molar-refractivity contribution < 1.29 is 9.53 Å². The summed E-state index contributed by atoms with van der Waals surface area (Å²) in [5.74, 6) is -0.0623. The number of hydrogen-bond donors (Lipinski definition) is 1. The van der Waals surface area contributed by atoms with Crippen LogP contribution in [0.1, 0.15) is 19.4 Å². The second-order valence-electron chi connectivity index (χ2n) is 3.95. The third kappa shape index (κ3) is 2.74. The molecule has 1 aromatic rings. The van der Waals surface area contributed by atoms with Crippen molar-refractivity contribution in [3.8, 4) is 0 Å². The number of nitrogens with one attached hydrogen (secondary N) is 1. The Balaban J connectivity index is 2.35. The Bertz CT molecular complexity index is 486. The average molecular weight is 254 g/mol. The van der Waals surface area contributed by atoms with Crippen LogP contribution < -0.4 is 5.32 Å². The summed E-state index contributed by atoms with van der Waals surface area (Å²) in [5.41, 5.74) is 1.41. The molecule has 0 amide bonds. The van der Waals surface area contributed by atoms with E-state index in [1.807, 2.05) is 13.8 Å². The molecule has 0 fully saturated rings. The predicted octanol–water partition coefficient (Wildman–Crippen LogP) is 1.86. The van der Waals surface area contributed by atoms with Gasteiger partial charge in [-0.25, -0.2) is 14.8 Å². The van der Waals surface area contributed by atoms with E-state index in [2.05, 4.69) is 15.3 Å². The lowest BCUT2D eigenvalue weighted by Gasteiger charge is -2.13. The second kappa shape index (κ2) is 4.71. The van der Waals surface area contributed by atoms with Crippen LogP contribution in [0, 0.1) is 0 Å². The molecule has 1 aliphatic rings. The number of carbonyl (C=O) groups excluding carboxylic acids is 1. The third-order valence-corrected chi connectivity index (χ3v) is 2.31. The molecule has 0 aliphatic carbocycles. The Morgan fingerprint density at radius 1 is 1.53 bits per heavy atom. The number of hydrogen-bond acceptors (Lipinski definition) is 5. The summed E-state index contributed by atoms with van der Waals surface area (Å²) < 4.78 is 5.00. The van der Waals surface area contributed by atoms with Crippen LogP contribution in [-0.4, -0.2) is 29.4 Å². The van der Waals surface area contributed by atoms with Gasteiger partial charge >= 0.3 is 5.97 Å². The fourth-order valence-electron chi connectivity index (χ4n) is 1.48. The van der Waals surface area contributed by atoms with Crippen LogP contribution in [0.4, 0.5) is 5.69 Å². The highest BCUT2D eigenvalue weighted by Gasteiger charge is 2.21. The summed E-state index contributed by atoms with van der Waals surface area (Å²) >= 11 is 5.84. The van der Waals surface area contributed by atoms with Crippen molar-refractivity contribution in [3.63, 3.8) is 0 Å². The minimum absolute atomic E-state index is 0.0546. The number of carbonyl (C=O) groups is 1. The number of anilines is 1. The predicted molar refractivity (Wildman–Crippen MR) is 65.5 cm³/mol. The van der Waals surface area contributed by atoms with Crippen molar-refractivity contribution in [3.05, 3.63) is 23.0 Å². The number of pyridine rings is 1. The van der Waals surface area contributed by atoms with Crippen LogP contribution >= 0.6 is 11.6 Å². The van der Waals surface area contributed by atoms with Gasteiger partial charge in [0, 0.05) is 12.2 Å². The van der Waals surface area contributed by atoms with Gasteiger partial charge in [-0.1, -0.05) is 11.6 Å². The number of nitrogens with zero attached hydrogens (tertiary/aromatic N) is 2. The quantitative estimate of drug-likeness (QED) is 0.660. The Hall–Kier alpha value is -1.62. The molecule has 0 aromatic carbocycles. The topological polar surface area (TPSA) is 63.6 Å². The molecule has 0 unspecified atom stereocenters. The first-order valence-electron chi connectivity index (χ1n) is 5.24. The van der Waals surface area contributed by atoms with Crippen molar-refractivity contribution in [2.75, 3.05) is 11.9 Å². The monoisotopic (exact) mass is 253 g/mol. The first-order chi connectivity index (χ1) is 8.06. The van der Waals surface area contributed by atoms with E-state index in [4.69, 9.17) is 16.3 Å². The van der Waals surface area contributed by atoms with Gasteiger partial charge in [0.2, 0.25) is 5.90 Å². The fourth-order valence-corrected chi connectivity index (χ4v) is 1.64. The minimum Gasteiger partial charge on any atom is -0.406 e. The zero-order valence-electron chi connectivity index (χ0n) is 9.53. The Kier molecular flexibility index (Phi) is 3.28. The first-order valence-corrected chi connectivity index (χ1v) is 5.61. The van der Waals surface area contributed by atoms with Crippen molar-refractivity contribution >= 4 is 29.2 Å². The molecule has 90 valence electrons. The van der Waals surface area contributed by atoms with Gasteiger partial charge < -0.3 is 10.1 Å². The maximum Gasteiger partial charge on any atom is 0.334 e. The van der Waals surface area contributed by atoms with Crippen LogP contribution in [-0.2, 0) is 9.53 Å². The summed E-state index contributed by atoms with van der Waals surface area (Å²) in [6.07, 6.45) is 1.55. The van der Waals surface area contributed by atoms with Gasteiger partial charge in [0.1, 0.15) is 11.7 Å². The number of aromatic nitrogens is 1. The van der Waals surface area contributed by atoms with Gasteiger partial charge in [0.05, 0.1) is 11.3 Å². The van der Waals surface area contributed by atoms with E-state index in [0.29, 0.717) is 16.6 Å². The smallest absolute Gasteiger partial charge is 0.334 e. The molecule has 0 saturated heterocycles. The van der Waals surface area contributed by atoms with Crippen LogP contribution in [0.25, 0.3) is 0 Å². The van der Waals surface area contributed by atoms with E-state index in [0.717, 1.165) is 5.69 Å². The molecule has 0 saturated carbocycles. The van der Waals surface area contributed by atoms with Crippen molar-refractivity contribution in [2.45, 2.75) is 19.9 Å². The number of halogens is 1. The van der Waals surface area contributed by atoms with E-state index >= 15 is 0 Å². The van der Waals surface area contributed by atoms with Crippen molar-refractivity contribution in [2.24, 2.45) is 4.99 Å². The summed E-state index contributed by atoms with van der Waals surface area (Å²) in [4.78, 5) is 19.0. The second-order valence-corrected chi connectivity index (χ2v) is 4.33. The molecule has 1 aliphatic heterocycles. The van der Waals surface area contributed by atoms with E-state index in [1.54, 1.807) is 12.3 Å².